The SMILES string of the molecule is CCCCC[C@H](NC(=O)CCC(=O)NCCOCCOCCNC(=O)CCC(=O)NCCOCCOCCNC(=O)C1(NC(=O)[C@H](CCCC(=O)OC(C)(C)C)NC(=O)[C@H](CCCCNC(=O)CCc2cccnc2)CC(=O)Cc2ccc(NC(=O)Nc3ccccc3C)cc2)CCCCC1)C(=O)NC. The zero-order valence-electron chi connectivity index (χ0n) is 62.5. The van der Waals surface area contributed by atoms with Crippen molar-refractivity contribution >= 4 is 82.3 Å². The molecule has 29 nitrogen and oxygen atoms in total. The van der Waals surface area contributed by atoms with Crippen LogP contribution in [0.3, 0.4) is 0 Å². The number of ketones is 1. The third-order valence-corrected chi connectivity index (χ3v) is 17.1. The van der Waals surface area contributed by atoms with Crippen LogP contribution < -0.4 is 58.5 Å². The van der Waals surface area contributed by atoms with Crippen molar-refractivity contribution in [1.82, 2.24) is 52.8 Å². The first-order chi connectivity index (χ1) is 50.5. The Bertz CT molecular complexity index is 3160. The standard InChI is InChI=1S/C76H116N12O17/c1-7-8-10-23-62(71(97)77-6)85-68(94)35-34-67(93)82-42-46-102-49-48-101-44-40-80-65(91)32-33-66(92)81-41-45-103-50-51-104-47-43-83-73(99)76(36-14-9-15-37-76)88-72(98)63(24-17-25-69(95)105-75(3,4)5)86-70(96)58(21-13-16-39-79-64(90)31-28-57-20-18-38-78-54-57)53-60(89)52-56-26-29-59(30-27-56)84-74(100)87-61-22-12-11-19-55(61)2/h11-12,18-20,22,26-27,29-30,38,54,58,62-63H,7-10,13-17,21,23-25,28,31-37,39-53H2,1-6H3,(H,77,97)(H,79,90)(H,80,91)(H,81,92)(H,82,93)(H,83,99)(H,85,94)(H,86,96)(H,88,98)(H2,84,87,100)/t58-,62+,63+/m1/s1. The molecule has 0 unspecified atom stereocenters. The molecule has 0 radical (unpaired) electrons. The molecule has 1 fully saturated rings. The average Bonchev–Trinajstić information content (AvgIpc) is 0.807. The van der Waals surface area contributed by atoms with Crippen LogP contribution in [0.4, 0.5) is 16.2 Å². The van der Waals surface area contributed by atoms with E-state index >= 15 is 0 Å². The number of amides is 11. The van der Waals surface area contributed by atoms with Crippen molar-refractivity contribution in [2.45, 2.75) is 206 Å². The zero-order valence-corrected chi connectivity index (χ0v) is 62.5. The summed E-state index contributed by atoms with van der Waals surface area (Å²) in [5.74, 6) is -4.95. The number of aryl methyl sites for hydroxylation is 2. The van der Waals surface area contributed by atoms with Crippen LogP contribution in [0.25, 0.3) is 0 Å². The van der Waals surface area contributed by atoms with E-state index in [-0.39, 0.29) is 191 Å². The number of carbonyl (C=O) groups excluding carboxylic acids is 12. The normalized spacial score (nSPS) is 13.3. The van der Waals surface area contributed by atoms with Gasteiger partial charge in [-0.25, -0.2) is 4.79 Å². The fourth-order valence-corrected chi connectivity index (χ4v) is 11.4. The van der Waals surface area contributed by atoms with E-state index in [9.17, 15) is 57.5 Å². The summed E-state index contributed by atoms with van der Waals surface area (Å²) in [7, 11) is 1.52. The molecule has 0 saturated heterocycles. The van der Waals surface area contributed by atoms with Crippen molar-refractivity contribution in [2.24, 2.45) is 5.92 Å². The van der Waals surface area contributed by atoms with E-state index < -0.39 is 58.9 Å². The van der Waals surface area contributed by atoms with Crippen LogP contribution in [0.5, 0.6) is 0 Å². The first-order valence-electron chi connectivity index (χ1n) is 37.1. The monoisotopic (exact) mass is 1470 g/mol. The van der Waals surface area contributed by atoms with Gasteiger partial charge in [-0.15, -0.1) is 0 Å². The molecular formula is C76H116N12O17. The number of pyridine rings is 1. The number of carbonyl (C=O) groups is 12. The molecule has 1 aromatic heterocycles. The summed E-state index contributed by atoms with van der Waals surface area (Å²) in [5.41, 5.74) is 1.56. The van der Waals surface area contributed by atoms with E-state index in [0.717, 1.165) is 36.8 Å². The number of anilines is 2. The molecule has 1 saturated carbocycles. The second-order valence-electron chi connectivity index (χ2n) is 27.1. The highest BCUT2D eigenvalue weighted by molar-refractivity contribution is 6.00. The van der Waals surface area contributed by atoms with Gasteiger partial charge in [0.05, 0.1) is 52.9 Å². The minimum Gasteiger partial charge on any atom is -0.460 e. The highest BCUT2D eigenvalue weighted by Gasteiger charge is 2.42. The molecular weight excluding hydrogens is 1350 g/mol. The molecule has 2 aromatic carbocycles. The van der Waals surface area contributed by atoms with Crippen LogP contribution >= 0.6 is 0 Å². The van der Waals surface area contributed by atoms with Crippen molar-refractivity contribution in [3.05, 3.63) is 89.7 Å². The van der Waals surface area contributed by atoms with Crippen LogP contribution in [0.2, 0.25) is 0 Å². The molecule has 3 aromatic rings. The number of urea groups is 1. The van der Waals surface area contributed by atoms with Gasteiger partial charge in [0.25, 0.3) is 0 Å². The molecule has 3 atom stereocenters. The topological polar surface area (TPSA) is 396 Å². The first kappa shape index (κ1) is 88.5. The summed E-state index contributed by atoms with van der Waals surface area (Å²) < 4.78 is 27.8. The molecule has 29 heteroatoms. The Balaban J connectivity index is 1.18. The maximum absolute atomic E-state index is 14.7. The lowest BCUT2D eigenvalue weighted by molar-refractivity contribution is -0.155. The van der Waals surface area contributed by atoms with Crippen molar-refractivity contribution in [3.63, 3.8) is 0 Å². The molecule has 0 spiro atoms. The van der Waals surface area contributed by atoms with Gasteiger partial charge in [-0.3, -0.25) is 57.7 Å². The van der Waals surface area contributed by atoms with Gasteiger partial charge in [0.2, 0.25) is 53.2 Å². The number of unbranched alkanes of at least 4 members (excludes halogenated alkanes) is 3. The number of nitrogens with one attached hydrogen (secondary N) is 11. The van der Waals surface area contributed by atoms with Gasteiger partial charge in [-0.05, 0) is 120 Å². The molecule has 11 amide bonds. The van der Waals surface area contributed by atoms with E-state index in [4.69, 9.17) is 23.7 Å². The Morgan fingerprint density at radius 1 is 0.524 bits per heavy atom. The fourth-order valence-electron chi connectivity index (χ4n) is 11.4. The lowest BCUT2D eigenvalue weighted by Crippen LogP contribution is -2.63. The van der Waals surface area contributed by atoms with Gasteiger partial charge in [-0.2, -0.15) is 0 Å². The van der Waals surface area contributed by atoms with Crippen molar-refractivity contribution < 1.29 is 81.2 Å². The summed E-state index contributed by atoms with van der Waals surface area (Å²) in [6.07, 6.45) is 11.2. The Morgan fingerprint density at radius 3 is 1.65 bits per heavy atom. The van der Waals surface area contributed by atoms with Crippen LogP contribution in [0, 0.1) is 12.8 Å². The van der Waals surface area contributed by atoms with E-state index in [0.29, 0.717) is 74.8 Å². The van der Waals surface area contributed by atoms with E-state index in [2.05, 4.69) is 70.4 Å². The van der Waals surface area contributed by atoms with Crippen LogP contribution in [0.15, 0.2) is 73.1 Å². The number of para-hydroxylation sites is 1. The zero-order chi connectivity index (χ0) is 76.5. The van der Waals surface area contributed by atoms with Crippen LogP contribution in [-0.2, 0) is 89.3 Å². The third kappa shape index (κ3) is 39.7. The number of nitrogens with zero attached hydrogens (tertiary/aromatic N) is 1. The van der Waals surface area contributed by atoms with Gasteiger partial charge < -0.3 is 82.2 Å². The van der Waals surface area contributed by atoms with Crippen molar-refractivity contribution in [3.8, 4) is 0 Å². The molecule has 11 N–H and O–H groups in total. The van der Waals surface area contributed by atoms with Gasteiger partial charge >= 0.3 is 12.0 Å². The second-order valence-corrected chi connectivity index (χ2v) is 27.1. The number of benzene rings is 2. The number of rotatable bonds is 53. The number of likely N-dealkylation sites (N-methyl/N-ethyl adjacent to an activating group) is 1. The highest BCUT2D eigenvalue weighted by Crippen LogP contribution is 2.29. The van der Waals surface area contributed by atoms with Crippen molar-refractivity contribution in [2.75, 3.05) is 103 Å². The fraction of sp³-hybridized carbons (Fsp3) is 0.618. The molecule has 105 heavy (non-hydrogen) atoms. The van der Waals surface area contributed by atoms with E-state index in [1.807, 2.05) is 37.3 Å². The minimum atomic E-state index is -1.32. The lowest BCUT2D eigenvalue weighted by atomic mass is 9.80. The average molecular weight is 1470 g/mol. The molecule has 1 aliphatic rings. The van der Waals surface area contributed by atoms with E-state index in [1.165, 1.54) is 7.05 Å². The molecule has 4 rings (SSSR count). The van der Waals surface area contributed by atoms with Gasteiger partial charge in [-0.1, -0.05) is 88.3 Å². The maximum Gasteiger partial charge on any atom is 0.323 e. The number of hydrogen-bond acceptors (Lipinski definition) is 18. The Kier molecular flexibility index (Phi) is 43.2. The van der Waals surface area contributed by atoms with Gasteiger partial charge in [0, 0.05) is 121 Å². The summed E-state index contributed by atoms with van der Waals surface area (Å²) in [4.78, 5) is 161. The number of hydrogen-bond donors (Lipinski definition) is 11. The Hall–Kier alpha value is -8.93. The maximum atomic E-state index is 14.7. The number of esters is 1. The number of Topliss-reactive ketones (excluding diaryl/α,β-unsaturated/α-hetero) is 1. The summed E-state index contributed by atoms with van der Waals surface area (Å²) in [5, 5.41) is 30.8. The quantitative estimate of drug-likeness (QED) is 0.0235. The Labute approximate surface area is 618 Å². The minimum absolute atomic E-state index is 0.00892. The third-order valence-electron chi connectivity index (χ3n) is 17.1. The predicted molar refractivity (Wildman–Crippen MR) is 396 cm³/mol. The largest absolute Gasteiger partial charge is 0.460 e. The summed E-state index contributed by atoms with van der Waals surface area (Å²) in [6.45, 7) is 11.9. The van der Waals surface area contributed by atoms with Crippen molar-refractivity contribution in [1.29, 1.82) is 0 Å². The number of aromatic nitrogens is 1. The molecule has 582 valence electrons. The predicted octanol–water partition coefficient (Wildman–Crippen LogP) is 5.79. The smallest absolute Gasteiger partial charge is 0.323 e. The highest BCUT2D eigenvalue weighted by atomic mass is 16.6. The van der Waals surface area contributed by atoms with Crippen LogP contribution in [-0.4, -0.2) is 192 Å². The van der Waals surface area contributed by atoms with Gasteiger partial charge in [0.1, 0.15) is 29.0 Å². The van der Waals surface area contributed by atoms with Gasteiger partial charge in [0.15, 0.2) is 0 Å². The summed E-state index contributed by atoms with van der Waals surface area (Å²) >= 11 is 0. The molecule has 1 heterocycles. The van der Waals surface area contributed by atoms with E-state index in [1.54, 1.807) is 63.5 Å². The first-order valence-corrected chi connectivity index (χ1v) is 37.1. The second kappa shape index (κ2) is 51.3. The van der Waals surface area contributed by atoms with Crippen LogP contribution in [0.1, 0.15) is 179 Å². The lowest BCUT2D eigenvalue weighted by Gasteiger charge is -2.38. The molecule has 0 aliphatic heterocycles. The molecule has 0 bridgehead atoms. The summed E-state index contributed by atoms with van der Waals surface area (Å²) in [6, 6.07) is 15.6. The Morgan fingerprint density at radius 2 is 1.08 bits per heavy atom. The number of ether oxygens (including phenoxy) is 5. The molecule has 1 aliphatic carbocycles.